The van der Waals surface area contributed by atoms with Crippen LogP contribution < -0.4 is 10.1 Å². The molecule has 2 aromatic carbocycles. The molecule has 8 heteroatoms. The molecule has 7 nitrogen and oxygen atoms in total. The number of nitrogens with one attached hydrogen (secondary N) is 1. The fraction of sp³-hybridized carbons (Fsp3) is 0.345. The SMILES string of the molecule is CC(C)c1ccc(F)c(-c2cc(Nc3ccnc4cc(OCCN5CCN(C)CC5)ccc34)cnn2)c1. The van der Waals surface area contributed by atoms with Crippen molar-refractivity contribution in [2.75, 3.05) is 51.7 Å². The van der Waals surface area contributed by atoms with Crippen LogP contribution in [0.25, 0.3) is 22.2 Å². The third kappa shape index (κ3) is 6.03. The molecular weight excluding hydrogens is 467 g/mol. The number of fused-ring (bicyclic) bond motifs is 1. The smallest absolute Gasteiger partial charge is 0.132 e. The van der Waals surface area contributed by atoms with Gasteiger partial charge in [0.25, 0.3) is 0 Å². The van der Waals surface area contributed by atoms with Crippen molar-refractivity contribution in [1.29, 1.82) is 0 Å². The van der Waals surface area contributed by atoms with E-state index in [1.807, 2.05) is 42.5 Å². The minimum Gasteiger partial charge on any atom is -0.492 e. The van der Waals surface area contributed by atoms with E-state index in [1.54, 1.807) is 12.4 Å². The maximum atomic E-state index is 14.6. The second-order valence-corrected chi connectivity index (χ2v) is 9.88. The van der Waals surface area contributed by atoms with Crippen LogP contribution >= 0.6 is 0 Å². The summed E-state index contributed by atoms with van der Waals surface area (Å²) in [5.41, 5.74) is 4.42. The maximum Gasteiger partial charge on any atom is 0.132 e. The van der Waals surface area contributed by atoms with Gasteiger partial charge in [-0.05, 0) is 54.9 Å². The molecule has 0 bridgehead atoms. The van der Waals surface area contributed by atoms with Gasteiger partial charge in [0.15, 0.2) is 0 Å². The molecule has 1 fully saturated rings. The first-order valence-corrected chi connectivity index (χ1v) is 12.8. The Bertz CT molecular complexity index is 1370. The summed E-state index contributed by atoms with van der Waals surface area (Å²) in [6, 6.07) is 14.8. The number of rotatable bonds is 8. The second kappa shape index (κ2) is 11.2. The Morgan fingerprint density at radius 1 is 1.03 bits per heavy atom. The summed E-state index contributed by atoms with van der Waals surface area (Å²) in [6.45, 7) is 10.1. The lowest BCUT2D eigenvalue weighted by Gasteiger charge is -2.32. The number of anilines is 2. The van der Waals surface area contributed by atoms with Crippen molar-refractivity contribution in [2.24, 2.45) is 0 Å². The summed E-state index contributed by atoms with van der Waals surface area (Å²) in [4.78, 5) is 9.32. The molecule has 0 aliphatic carbocycles. The number of pyridine rings is 1. The van der Waals surface area contributed by atoms with Crippen molar-refractivity contribution in [3.63, 3.8) is 0 Å². The molecule has 4 aromatic rings. The molecule has 3 heterocycles. The zero-order chi connectivity index (χ0) is 25.8. The van der Waals surface area contributed by atoms with Gasteiger partial charge in [-0.1, -0.05) is 19.9 Å². The van der Waals surface area contributed by atoms with Gasteiger partial charge in [-0.2, -0.15) is 10.2 Å². The lowest BCUT2D eigenvalue weighted by atomic mass is 9.99. The summed E-state index contributed by atoms with van der Waals surface area (Å²) >= 11 is 0. The van der Waals surface area contributed by atoms with Gasteiger partial charge in [-0.15, -0.1) is 0 Å². The van der Waals surface area contributed by atoms with Crippen LogP contribution in [0.1, 0.15) is 25.3 Å². The minimum atomic E-state index is -0.314. The first-order valence-electron chi connectivity index (χ1n) is 12.8. The molecule has 1 saturated heterocycles. The molecule has 0 saturated carbocycles. The maximum absolute atomic E-state index is 14.6. The zero-order valence-electron chi connectivity index (χ0n) is 21.6. The molecule has 0 atom stereocenters. The normalized spacial score (nSPS) is 14.8. The molecule has 5 rings (SSSR count). The third-order valence-corrected chi connectivity index (χ3v) is 6.85. The van der Waals surface area contributed by atoms with Crippen molar-refractivity contribution in [3.8, 4) is 17.0 Å². The second-order valence-electron chi connectivity index (χ2n) is 9.88. The Balaban J connectivity index is 1.30. The van der Waals surface area contributed by atoms with E-state index >= 15 is 0 Å². The molecule has 37 heavy (non-hydrogen) atoms. The lowest BCUT2D eigenvalue weighted by Crippen LogP contribution is -2.45. The first-order chi connectivity index (χ1) is 18.0. The number of hydrogen-bond donors (Lipinski definition) is 1. The van der Waals surface area contributed by atoms with Gasteiger partial charge in [0.05, 0.1) is 23.1 Å². The van der Waals surface area contributed by atoms with E-state index in [2.05, 4.69) is 51.2 Å². The molecule has 0 amide bonds. The number of halogens is 1. The topological polar surface area (TPSA) is 66.4 Å². The van der Waals surface area contributed by atoms with Gasteiger partial charge in [0, 0.05) is 61.6 Å². The summed E-state index contributed by atoms with van der Waals surface area (Å²) in [7, 11) is 2.16. The average Bonchev–Trinajstić information content (AvgIpc) is 2.90. The van der Waals surface area contributed by atoms with E-state index < -0.39 is 0 Å². The number of likely N-dealkylation sites (N-methyl/N-ethyl adjacent to an activating group) is 1. The van der Waals surface area contributed by atoms with Crippen LogP contribution in [0, 0.1) is 5.82 Å². The fourth-order valence-corrected chi connectivity index (χ4v) is 4.51. The molecule has 0 radical (unpaired) electrons. The number of ether oxygens (including phenoxy) is 1. The predicted octanol–water partition coefficient (Wildman–Crippen LogP) is 5.32. The lowest BCUT2D eigenvalue weighted by molar-refractivity contribution is 0.134. The molecule has 0 spiro atoms. The number of aromatic nitrogens is 3. The zero-order valence-corrected chi connectivity index (χ0v) is 21.6. The summed E-state index contributed by atoms with van der Waals surface area (Å²) in [6.07, 6.45) is 3.40. The molecule has 1 aliphatic heterocycles. The van der Waals surface area contributed by atoms with E-state index in [9.17, 15) is 4.39 Å². The highest BCUT2D eigenvalue weighted by Crippen LogP contribution is 2.30. The van der Waals surface area contributed by atoms with Crippen LogP contribution in [0.3, 0.4) is 0 Å². The van der Waals surface area contributed by atoms with Crippen molar-refractivity contribution in [3.05, 3.63) is 72.3 Å². The van der Waals surface area contributed by atoms with E-state index in [-0.39, 0.29) is 11.7 Å². The number of benzene rings is 2. The quantitative estimate of drug-likeness (QED) is 0.351. The summed E-state index contributed by atoms with van der Waals surface area (Å²) in [5, 5.41) is 12.7. The van der Waals surface area contributed by atoms with Gasteiger partial charge >= 0.3 is 0 Å². The van der Waals surface area contributed by atoms with Crippen LogP contribution in [0.15, 0.2) is 60.9 Å². The number of hydrogen-bond acceptors (Lipinski definition) is 7. The Morgan fingerprint density at radius 3 is 2.68 bits per heavy atom. The Labute approximate surface area is 217 Å². The largest absolute Gasteiger partial charge is 0.492 e. The van der Waals surface area contributed by atoms with Crippen molar-refractivity contribution in [1.82, 2.24) is 25.0 Å². The summed E-state index contributed by atoms with van der Waals surface area (Å²) < 4.78 is 20.7. The van der Waals surface area contributed by atoms with E-state index in [0.29, 0.717) is 17.9 Å². The van der Waals surface area contributed by atoms with Crippen LogP contribution in [0.2, 0.25) is 0 Å². The number of nitrogens with zero attached hydrogens (tertiary/aromatic N) is 5. The van der Waals surface area contributed by atoms with Gasteiger partial charge in [0.2, 0.25) is 0 Å². The van der Waals surface area contributed by atoms with Gasteiger partial charge in [-0.3, -0.25) is 9.88 Å². The van der Waals surface area contributed by atoms with E-state index in [4.69, 9.17) is 4.74 Å². The predicted molar refractivity (Wildman–Crippen MR) is 146 cm³/mol. The van der Waals surface area contributed by atoms with Crippen LogP contribution in [0.5, 0.6) is 5.75 Å². The molecular formula is C29H33FN6O. The van der Waals surface area contributed by atoms with Crippen molar-refractivity contribution in [2.45, 2.75) is 19.8 Å². The van der Waals surface area contributed by atoms with Gasteiger partial charge < -0.3 is 15.0 Å². The van der Waals surface area contributed by atoms with Crippen LogP contribution in [-0.4, -0.2) is 71.4 Å². The highest BCUT2D eigenvalue weighted by atomic mass is 19.1. The average molecular weight is 501 g/mol. The monoisotopic (exact) mass is 500 g/mol. The first kappa shape index (κ1) is 25.0. The molecule has 192 valence electrons. The minimum absolute atomic E-state index is 0.289. The van der Waals surface area contributed by atoms with Crippen LogP contribution in [-0.2, 0) is 0 Å². The molecule has 1 aliphatic rings. The Kier molecular flexibility index (Phi) is 7.58. The fourth-order valence-electron chi connectivity index (χ4n) is 4.51. The Morgan fingerprint density at radius 2 is 1.86 bits per heavy atom. The summed E-state index contributed by atoms with van der Waals surface area (Å²) in [5.74, 6) is 0.780. The van der Waals surface area contributed by atoms with Crippen molar-refractivity contribution >= 4 is 22.3 Å². The molecule has 2 aromatic heterocycles. The Hall–Kier alpha value is -3.62. The number of piperazine rings is 1. The van der Waals surface area contributed by atoms with Gasteiger partial charge in [-0.25, -0.2) is 4.39 Å². The van der Waals surface area contributed by atoms with Gasteiger partial charge in [0.1, 0.15) is 18.2 Å². The van der Waals surface area contributed by atoms with Crippen molar-refractivity contribution < 1.29 is 9.13 Å². The van der Waals surface area contributed by atoms with Crippen LogP contribution in [0.4, 0.5) is 15.8 Å². The van der Waals surface area contributed by atoms with E-state index in [1.165, 1.54) is 6.07 Å². The third-order valence-electron chi connectivity index (χ3n) is 6.85. The molecule has 0 unspecified atom stereocenters. The standard InChI is InChI=1S/C29H33FN6O/c1-20(2)21-4-7-26(30)25(16-21)29-17-22(19-32-34-29)33-27-8-9-31-28-18-23(5-6-24(27)28)37-15-14-36-12-10-35(3)11-13-36/h4-9,16-20H,10-15H2,1-3H3,(H,31,33,34). The highest BCUT2D eigenvalue weighted by molar-refractivity contribution is 5.93. The highest BCUT2D eigenvalue weighted by Gasteiger charge is 2.14. The van der Waals surface area contributed by atoms with E-state index in [0.717, 1.165) is 66.3 Å². The molecule has 1 N–H and O–H groups in total.